The van der Waals surface area contributed by atoms with Gasteiger partial charge in [0.1, 0.15) is 17.7 Å². The summed E-state index contributed by atoms with van der Waals surface area (Å²) in [6.07, 6.45) is 0. The number of para-hydroxylation sites is 2. The van der Waals surface area contributed by atoms with Gasteiger partial charge in [-0.2, -0.15) is 10.5 Å². The van der Waals surface area contributed by atoms with Gasteiger partial charge < -0.3 is 4.42 Å². The van der Waals surface area contributed by atoms with Crippen LogP contribution in [0.4, 0.5) is 0 Å². The van der Waals surface area contributed by atoms with E-state index in [2.05, 4.69) is 24.3 Å². The van der Waals surface area contributed by atoms with Gasteiger partial charge in [0.15, 0.2) is 5.58 Å². The molecule has 0 unspecified atom stereocenters. The van der Waals surface area contributed by atoms with Crippen LogP contribution in [-0.4, -0.2) is 0 Å². The Kier molecular flexibility index (Phi) is 4.88. The minimum absolute atomic E-state index is 0.513. The maximum absolute atomic E-state index is 10.2. The largest absolute Gasteiger partial charge is 0.454 e. The van der Waals surface area contributed by atoms with Crippen LogP contribution in [0.3, 0.4) is 0 Å². The minimum Gasteiger partial charge on any atom is -0.454 e. The van der Waals surface area contributed by atoms with Crippen molar-refractivity contribution in [2.75, 3.05) is 0 Å². The molecule has 162 valence electrons. The first-order valence-corrected chi connectivity index (χ1v) is 11.3. The lowest BCUT2D eigenvalue weighted by Gasteiger charge is -2.14. The number of fused-ring (bicyclic) bond motifs is 3. The Labute approximate surface area is 202 Å². The average Bonchev–Trinajstić information content (AvgIpc) is 3.32. The van der Waals surface area contributed by atoms with Gasteiger partial charge in [-0.1, -0.05) is 91.0 Å². The monoisotopic (exact) mass is 446 g/mol. The van der Waals surface area contributed by atoms with Gasteiger partial charge in [-0.05, 0) is 34.9 Å². The molecule has 6 rings (SSSR count). The van der Waals surface area contributed by atoms with Gasteiger partial charge in [0, 0.05) is 27.5 Å². The van der Waals surface area contributed by atoms with Crippen molar-refractivity contribution in [3.05, 3.63) is 120 Å². The van der Waals surface area contributed by atoms with Crippen molar-refractivity contribution >= 4 is 21.9 Å². The smallest absolute Gasteiger partial charge is 0.153 e. The summed E-state index contributed by atoms with van der Waals surface area (Å²) in [5, 5.41) is 21.7. The van der Waals surface area contributed by atoms with E-state index in [1.807, 2.05) is 91.0 Å². The van der Waals surface area contributed by atoms with Crippen LogP contribution < -0.4 is 0 Å². The summed E-state index contributed by atoms with van der Waals surface area (Å²) in [6, 6.07) is 40.5. The van der Waals surface area contributed by atoms with E-state index in [4.69, 9.17) is 4.42 Å². The van der Waals surface area contributed by atoms with E-state index in [9.17, 15) is 10.5 Å². The van der Waals surface area contributed by atoms with Crippen LogP contribution in [0.15, 0.2) is 114 Å². The molecule has 6 aromatic rings. The molecule has 0 aliphatic heterocycles. The molecule has 5 aromatic carbocycles. The van der Waals surface area contributed by atoms with Crippen LogP contribution in [0.2, 0.25) is 0 Å². The summed E-state index contributed by atoms with van der Waals surface area (Å²) in [6.45, 7) is 0. The Balaban J connectivity index is 1.70. The Bertz CT molecular complexity index is 1740. The molecule has 1 aromatic heterocycles. The molecule has 3 heteroatoms. The van der Waals surface area contributed by atoms with Crippen LogP contribution in [-0.2, 0) is 0 Å². The molecular weight excluding hydrogens is 428 g/mol. The first-order valence-electron chi connectivity index (χ1n) is 11.3. The van der Waals surface area contributed by atoms with Gasteiger partial charge in [-0.15, -0.1) is 0 Å². The van der Waals surface area contributed by atoms with Crippen molar-refractivity contribution in [2.45, 2.75) is 0 Å². The first kappa shape index (κ1) is 20.5. The normalized spacial score (nSPS) is 10.8. The Morgan fingerprint density at radius 2 is 1.06 bits per heavy atom. The number of benzene rings is 5. The second-order valence-corrected chi connectivity index (χ2v) is 8.37. The summed E-state index contributed by atoms with van der Waals surface area (Å²) in [5.41, 5.74) is 8.04. The quantitative estimate of drug-likeness (QED) is 0.274. The predicted molar refractivity (Wildman–Crippen MR) is 139 cm³/mol. The van der Waals surface area contributed by atoms with E-state index in [1.54, 1.807) is 6.07 Å². The van der Waals surface area contributed by atoms with Crippen LogP contribution in [0, 0.1) is 22.7 Å². The van der Waals surface area contributed by atoms with Crippen LogP contribution in [0.1, 0.15) is 11.1 Å². The third-order valence-corrected chi connectivity index (χ3v) is 6.38. The predicted octanol–water partition coefficient (Wildman–Crippen LogP) is 8.33. The molecule has 0 bridgehead atoms. The summed E-state index contributed by atoms with van der Waals surface area (Å²) in [5.74, 6) is 0. The number of furan rings is 1. The number of hydrogen-bond acceptors (Lipinski definition) is 3. The topological polar surface area (TPSA) is 60.7 Å². The molecule has 3 nitrogen and oxygen atoms in total. The lowest BCUT2D eigenvalue weighted by Crippen LogP contribution is -1.93. The van der Waals surface area contributed by atoms with Gasteiger partial charge in [0.2, 0.25) is 0 Å². The highest BCUT2D eigenvalue weighted by Crippen LogP contribution is 2.41. The molecule has 0 radical (unpaired) electrons. The van der Waals surface area contributed by atoms with Gasteiger partial charge in [0.25, 0.3) is 0 Å². The molecular formula is C32H18N2O. The third-order valence-electron chi connectivity index (χ3n) is 6.38. The van der Waals surface area contributed by atoms with E-state index >= 15 is 0 Å². The van der Waals surface area contributed by atoms with Crippen molar-refractivity contribution in [3.8, 4) is 45.5 Å². The zero-order chi connectivity index (χ0) is 23.8. The van der Waals surface area contributed by atoms with Crippen molar-refractivity contribution in [3.63, 3.8) is 0 Å². The summed E-state index contributed by atoms with van der Waals surface area (Å²) >= 11 is 0. The van der Waals surface area contributed by atoms with Gasteiger partial charge >= 0.3 is 0 Å². The van der Waals surface area contributed by atoms with Crippen LogP contribution >= 0.6 is 0 Å². The highest BCUT2D eigenvalue weighted by atomic mass is 16.3. The van der Waals surface area contributed by atoms with Crippen LogP contribution in [0.5, 0.6) is 0 Å². The Morgan fingerprint density at radius 3 is 1.63 bits per heavy atom. The van der Waals surface area contributed by atoms with E-state index in [1.165, 1.54) is 0 Å². The van der Waals surface area contributed by atoms with E-state index in [0.29, 0.717) is 16.7 Å². The highest BCUT2D eigenvalue weighted by molar-refractivity contribution is 6.11. The number of nitrogens with zero attached hydrogens (tertiary/aromatic N) is 2. The SMILES string of the molecule is N#Cc1c(-c2ccccc2)cc(-c2cccc3c2oc2c(C#N)cccc23)cc1-c1ccccc1. The lowest BCUT2D eigenvalue weighted by atomic mass is 9.88. The molecule has 0 aliphatic rings. The summed E-state index contributed by atoms with van der Waals surface area (Å²) in [7, 11) is 0. The van der Waals surface area contributed by atoms with E-state index in [0.717, 1.165) is 49.7 Å². The molecule has 0 saturated carbocycles. The molecule has 0 spiro atoms. The molecule has 0 N–H and O–H groups in total. The summed E-state index contributed by atoms with van der Waals surface area (Å²) < 4.78 is 6.32. The lowest BCUT2D eigenvalue weighted by molar-refractivity contribution is 0.668. The minimum atomic E-state index is 0.513. The Morgan fingerprint density at radius 1 is 0.486 bits per heavy atom. The fraction of sp³-hybridized carbons (Fsp3) is 0. The van der Waals surface area contributed by atoms with Crippen molar-refractivity contribution < 1.29 is 4.42 Å². The molecule has 1 heterocycles. The maximum Gasteiger partial charge on any atom is 0.153 e. The van der Waals surface area contributed by atoms with E-state index in [-0.39, 0.29) is 0 Å². The number of nitriles is 2. The van der Waals surface area contributed by atoms with Crippen molar-refractivity contribution in [1.82, 2.24) is 0 Å². The molecule has 0 fully saturated rings. The second-order valence-electron chi connectivity index (χ2n) is 8.37. The van der Waals surface area contributed by atoms with Gasteiger partial charge in [-0.25, -0.2) is 0 Å². The number of hydrogen-bond donors (Lipinski definition) is 0. The van der Waals surface area contributed by atoms with Crippen molar-refractivity contribution in [2.24, 2.45) is 0 Å². The molecule has 35 heavy (non-hydrogen) atoms. The average molecular weight is 447 g/mol. The zero-order valence-electron chi connectivity index (χ0n) is 18.7. The maximum atomic E-state index is 10.2. The molecule has 0 aliphatic carbocycles. The fourth-order valence-electron chi connectivity index (χ4n) is 4.74. The highest BCUT2D eigenvalue weighted by Gasteiger charge is 2.19. The first-order chi connectivity index (χ1) is 17.3. The molecule has 0 amide bonds. The van der Waals surface area contributed by atoms with E-state index < -0.39 is 0 Å². The van der Waals surface area contributed by atoms with Gasteiger partial charge in [0.05, 0.1) is 11.1 Å². The molecule has 0 saturated heterocycles. The fourth-order valence-corrected chi connectivity index (χ4v) is 4.74. The third kappa shape index (κ3) is 3.35. The summed E-state index contributed by atoms with van der Waals surface area (Å²) in [4.78, 5) is 0. The Hall–Kier alpha value is -5.12. The second kappa shape index (κ2) is 8.34. The van der Waals surface area contributed by atoms with Gasteiger partial charge in [-0.3, -0.25) is 0 Å². The zero-order valence-corrected chi connectivity index (χ0v) is 18.7. The molecule has 0 atom stereocenters. The standard InChI is InChI=1S/C32H18N2O/c33-19-23-13-7-15-26-27-16-8-14-25(32(27)35-31(23)26)24-17-28(21-9-3-1-4-10-21)30(20-34)29(18-24)22-11-5-2-6-12-22/h1-18H. The van der Waals surface area contributed by atoms with Crippen molar-refractivity contribution in [1.29, 1.82) is 10.5 Å². The van der Waals surface area contributed by atoms with Crippen LogP contribution in [0.25, 0.3) is 55.3 Å². The number of rotatable bonds is 3.